The molecular formula is C12H14Cl2N2O2. The number of benzene rings is 1. The molecule has 0 unspecified atom stereocenters. The summed E-state index contributed by atoms with van der Waals surface area (Å²) >= 11 is 11.6. The van der Waals surface area contributed by atoms with Crippen molar-refractivity contribution in [2.24, 2.45) is 0 Å². The first-order valence-electron chi connectivity index (χ1n) is 5.42. The molecule has 2 amide bonds. The normalized spacial score (nSPS) is 10.3. The van der Waals surface area contributed by atoms with Gasteiger partial charge in [0.1, 0.15) is 6.42 Å². The van der Waals surface area contributed by atoms with Crippen molar-refractivity contribution in [3.63, 3.8) is 0 Å². The van der Waals surface area contributed by atoms with E-state index in [1.165, 1.54) is 0 Å². The molecule has 0 atom stereocenters. The van der Waals surface area contributed by atoms with Gasteiger partial charge < -0.3 is 10.6 Å². The Kier molecular flexibility index (Phi) is 5.44. The zero-order chi connectivity index (χ0) is 13.7. The van der Waals surface area contributed by atoms with Gasteiger partial charge in [0, 0.05) is 21.8 Å². The third-order valence-electron chi connectivity index (χ3n) is 1.92. The highest BCUT2D eigenvalue weighted by atomic mass is 35.5. The Balaban J connectivity index is 2.57. The lowest BCUT2D eigenvalue weighted by atomic mass is 10.3. The summed E-state index contributed by atoms with van der Waals surface area (Å²) in [5, 5.41) is 6.03. The smallest absolute Gasteiger partial charge is 0.233 e. The Morgan fingerprint density at radius 1 is 1.11 bits per heavy atom. The molecule has 4 nitrogen and oxygen atoms in total. The first-order valence-corrected chi connectivity index (χ1v) is 6.17. The molecule has 0 aliphatic rings. The van der Waals surface area contributed by atoms with Crippen LogP contribution in [0.1, 0.15) is 20.3 Å². The molecule has 0 radical (unpaired) electrons. The second kappa shape index (κ2) is 6.61. The molecule has 1 aromatic rings. The molecule has 2 N–H and O–H groups in total. The van der Waals surface area contributed by atoms with E-state index in [1.807, 2.05) is 13.8 Å². The van der Waals surface area contributed by atoms with E-state index in [0.717, 1.165) is 0 Å². The molecule has 98 valence electrons. The summed E-state index contributed by atoms with van der Waals surface area (Å²) in [7, 11) is 0. The van der Waals surface area contributed by atoms with Crippen molar-refractivity contribution >= 4 is 40.7 Å². The van der Waals surface area contributed by atoms with Crippen molar-refractivity contribution in [2.75, 3.05) is 5.32 Å². The predicted octanol–water partition coefficient (Wildman–Crippen LogP) is 2.85. The Hall–Kier alpha value is -1.26. The van der Waals surface area contributed by atoms with Gasteiger partial charge in [-0.1, -0.05) is 23.2 Å². The number of hydrogen-bond acceptors (Lipinski definition) is 2. The monoisotopic (exact) mass is 288 g/mol. The number of carbonyl (C=O) groups excluding carboxylic acids is 2. The van der Waals surface area contributed by atoms with Crippen molar-refractivity contribution in [3.05, 3.63) is 28.2 Å². The van der Waals surface area contributed by atoms with E-state index in [2.05, 4.69) is 10.6 Å². The van der Waals surface area contributed by atoms with Crippen LogP contribution in [0.5, 0.6) is 0 Å². The van der Waals surface area contributed by atoms with Crippen molar-refractivity contribution in [1.82, 2.24) is 5.32 Å². The minimum Gasteiger partial charge on any atom is -0.353 e. The van der Waals surface area contributed by atoms with Gasteiger partial charge in [0.15, 0.2) is 0 Å². The molecule has 18 heavy (non-hydrogen) atoms. The summed E-state index contributed by atoms with van der Waals surface area (Å²) in [5.41, 5.74) is 0.467. The molecule has 1 aromatic carbocycles. The number of nitrogens with one attached hydrogen (secondary N) is 2. The van der Waals surface area contributed by atoms with Gasteiger partial charge in [-0.25, -0.2) is 0 Å². The van der Waals surface area contributed by atoms with Gasteiger partial charge in [0.25, 0.3) is 0 Å². The highest BCUT2D eigenvalue weighted by Gasteiger charge is 2.10. The number of rotatable bonds is 4. The molecule has 0 spiro atoms. The van der Waals surface area contributed by atoms with Crippen LogP contribution < -0.4 is 10.6 Å². The van der Waals surface area contributed by atoms with E-state index in [4.69, 9.17) is 23.2 Å². The molecular weight excluding hydrogens is 275 g/mol. The van der Waals surface area contributed by atoms with E-state index in [9.17, 15) is 9.59 Å². The summed E-state index contributed by atoms with van der Waals surface area (Å²) < 4.78 is 0. The van der Waals surface area contributed by atoms with E-state index in [0.29, 0.717) is 15.7 Å². The first-order chi connectivity index (χ1) is 8.36. The average molecular weight is 289 g/mol. The average Bonchev–Trinajstić information content (AvgIpc) is 2.12. The molecule has 0 bridgehead atoms. The zero-order valence-corrected chi connectivity index (χ0v) is 11.6. The Bertz CT molecular complexity index is 441. The molecule has 0 aromatic heterocycles. The van der Waals surface area contributed by atoms with Crippen LogP contribution in [-0.4, -0.2) is 17.9 Å². The van der Waals surface area contributed by atoms with Crippen LogP contribution in [0.3, 0.4) is 0 Å². The standard InChI is InChI=1S/C12H14Cl2N2O2/c1-7(2)15-11(17)6-12(18)16-10-4-8(13)3-9(14)5-10/h3-5,7H,6H2,1-2H3,(H,15,17)(H,16,18). The maximum absolute atomic E-state index is 11.6. The summed E-state index contributed by atoms with van der Waals surface area (Å²) in [6, 6.07) is 4.69. The van der Waals surface area contributed by atoms with Crippen molar-refractivity contribution in [1.29, 1.82) is 0 Å². The maximum atomic E-state index is 11.6. The van der Waals surface area contributed by atoms with Crippen molar-refractivity contribution in [3.8, 4) is 0 Å². The Labute approximate surface area is 116 Å². The van der Waals surface area contributed by atoms with Gasteiger partial charge in [-0.3, -0.25) is 9.59 Å². The van der Waals surface area contributed by atoms with Crippen LogP contribution in [0.15, 0.2) is 18.2 Å². The molecule has 6 heteroatoms. The number of anilines is 1. The van der Waals surface area contributed by atoms with Crippen LogP contribution in [0.4, 0.5) is 5.69 Å². The summed E-state index contributed by atoms with van der Waals surface area (Å²) in [6.07, 6.45) is -0.234. The molecule has 0 saturated carbocycles. The SMILES string of the molecule is CC(C)NC(=O)CC(=O)Nc1cc(Cl)cc(Cl)c1. The van der Waals surface area contributed by atoms with Gasteiger partial charge in [-0.2, -0.15) is 0 Å². The summed E-state index contributed by atoms with van der Waals surface area (Å²) in [5.74, 6) is -0.734. The lowest BCUT2D eigenvalue weighted by molar-refractivity contribution is -0.127. The Morgan fingerprint density at radius 2 is 1.67 bits per heavy atom. The fourth-order valence-electron chi connectivity index (χ4n) is 1.35. The third kappa shape index (κ3) is 5.38. The van der Waals surface area contributed by atoms with Gasteiger partial charge in [-0.15, -0.1) is 0 Å². The summed E-state index contributed by atoms with van der Waals surface area (Å²) in [4.78, 5) is 22.9. The molecule has 0 aliphatic heterocycles. The predicted molar refractivity (Wildman–Crippen MR) is 73.0 cm³/mol. The molecule has 0 heterocycles. The largest absolute Gasteiger partial charge is 0.353 e. The van der Waals surface area contributed by atoms with Crippen LogP contribution in [0, 0.1) is 0 Å². The van der Waals surface area contributed by atoms with E-state index in [1.54, 1.807) is 18.2 Å². The van der Waals surface area contributed by atoms with Crippen LogP contribution in [0.25, 0.3) is 0 Å². The minimum atomic E-state index is -0.411. The highest BCUT2D eigenvalue weighted by molar-refractivity contribution is 6.35. The second-order valence-corrected chi connectivity index (χ2v) is 4.98. The molecule has 0 aliphatic carbocycles. The first kappa shape index (κ1) is 14.8. The zero-order valence-electron chi connectivity index (χ0n) is 10.1. The maximum Gasteiger partial charge on any atom is 0.233 e. The molecule has 1 rings (SSSR count). The molecule has 0 saturated heterocycles. The molecule has 0 fully saturated rings. The number of carbonyl (C=O) groups is 2. The van der Waals surface area contributed by atoms with Crippen LogP contribution >= 0.6 is 23.2 Å². The van der Waals surface area contributed by atoms with E-state index < -0.39 is 5.91 Å². The number of halogens is 2. The van der Waals surface area contributed by atoms with E-state index >= 15 is 0 Å². The fourth-order valence-corrected chi connectivity index (χ4v) is 1.88. The van der Waals surface area contributed by atoms with Crippen molar-refractivity contribution in [2.45, 2.75) is 26.3 Å². The topological polar surface area (TPSA) is 58.2 Å². The lowest BCUT2D eigenvalue weighted by Gasteiger charge is -2.09. The summed E-state index contributed by atoms with van der Waals surface area (Å²) in [6.45, 7) is 3.65. The van der Waals surface area contributed by atoms with Crippen LogP contribution in [-0.2, 0) is 9.59 Å². The fraction of sp³-hybridized carbons (Fsp3) is 0.333. The lowest BCUT2D eigenvalue weighted by Crippen LogP contribution is -2.33. The van der Waals surface area contributed by atoms with Gasteiger partial charge in [0.05, 0.1) is 0 Å². The van der Waals surface area contributed by atoms with Gasteiger partial charge >= 0.3 is 0 Å². The van der Waals surface area contributed by atoms with Crippen molar-refractivity contribution < 1.29 is 9.59 Å². The number of amides is 2. The third-order valence-corrected chi connectivity index (χ3v) is 2.35. The highest BCUT2D eigenvalue weighted by Crippen LogP contribution is 2.22. The van der Waals surface area contributed by atoms with Gasteiger partial charge in [-0.05, 0) is 32.0 Å². The Morgan fingerprint density at radius 3 is 2.17 bits per heavy atom. The quantitative estimate of drug-likeness (QED) is 0.837. The second-order valence-electron chi connectivity index (χ2n) is 4.11. The number of hydrogen-bond donors (Lipinski definition) is 2. The van der Waals surface area contributed by atoms with Crippen LogP contribution in [0.2, 0.25) is 10.0 Å². The van der Waals surface area contributed by atoms with E-state index in [-0.39, 0.29) is 18.4 Å². The van der Waals surface area contributed by atoms with Gasteiger partial charge in [0.2, 0.25) is 11.8 Å². The minimum absolute atomic E-state index is 0.00548.